The van der Waals surface area contributed by atoms with Crippen molar-refractivity contribution in [2.45, 2.75) is 91.2 Å². The molecule has 3 aromatic heterocycles. The van der Waals surface area contributed by atoms with E-state index in [-0.39, 0.29) is 152 Å². The van der Waals surface area contributed by atoms with E-state index >= 15 is 0 Å². The normalized spacial score (nSPS) is 16.5. The summed E-state index contributed by atoms with van der Waals surface area (Å²) in [6.07, 6.45) is -0.159. The second kappa shape index (κ2) is 45.2. The molecule has 0 radical (unpaired) electrons. The fourth-order valence-corrected chi connectivity index (χ4v) is 10.7. The van der Waals surface area contributed by atoms with Gasteiger partial charge >= 0.3 is 29.5 Å². The van der Waals surface area contributed by atoms with E-state index in [1.165, 1.54) is 94.4 Å². The van der Waals surface area contributed by atoms with Gasteiger partial charge in [-0.05, 0) is 75.6 Å². The van der Waals surface area contributed by atoms with Gasteiger partial charge in [0.2, 0.25) is 41.4 Å². The number of nitro benzene ring substituents is 5. The first-order chi connectivity index (χ1) is 57.3. The standard InChI is InChI=1S/C14H12N4O5.C14H14N4O3.C9H6N2O4.C8H6N2O5.C8H4N2O4.C7H6N2O4.C5H8N2O2.C4H6O3.CH3F.ClH.2H2O/c1-7-15-8-3-2-4-9(18(22)23)12(8)14(21)17(7)10-5-6-11(19)16-13(10)20;1-7-16-9-4-2-3-8(15)12(9)14(21)18(7)10-5-6-11(19)17-13(10)20;1-5-10-6-3-2-4-7(11(13)14)8(6)9(12)15-5;9-7(11)4-2-1-3-5(10(14)15)6(4)8(12)13;11-7-4-2-1-3-5(10(13)14)6(4)8(12)9-7;8-4-2-1-3-5(9(12)13)6(4)7(10)11;6-3-1-2-4(8)7-5(3)9;1-3(5)7-4(2)6;1-2;;;/h2-4,10H,5-6H2,1H3,(H,16,19,20);2-4,10H,5-6,15H2,1H3,(H,17,19,20);2-4H,1H3;1-3H,(H2,9,11)(H,12,13);1-3H,(H,9,11,12);1-3H,8H2,(H,10,11);3H,1-2,6H2,(H,7,8,9);1-2H3;1H3;1H;2*1H2/t2*10-;;;;;3-;;;;;/m00....0...../s1/i2*10D;;;;;3D;;1D;;;. The van der Waals surface area contributed by atoms with Crippen molar-refractivity contribution in [3.8, 4) is 0 Å². The van der Waals surface area contributed by atoms with Crippen LogP contribution >= 0.6 is 12.4 Å². The molecule has 122 heavy (non-hydrogen) atoms. The molecule has 4 aliphatic heterocycles. The Morgan fingerprint density at radius 3 is 1.30 bits per heavy atom. The van der Waals surface area contributed by atoms with Crippen LogP contribution in [0.15, 0.2) is 128 Å². The van der Waals surface area contributed by atoms with Crippen molar-refractivity contribution in [2.75, 3.05) is 18.6 Å². The summed E-state index contributed by atoms with van der Waals surface area (Å²) in [4.78, 5) is 241. The highest BCUT2D eigenvalue weighted by Gasteiger charge is 2.36. The van der Waals surface area contributed by atoms with Gasteiger partial charge in [0.1, 0.15) is 40.2 Å². The molecular formula is C70H70ClFN18O32. The van der Waals surface area contributed by atoms with Crippen molar-refractivity contribution < 1.29 is 127 Å². The SMILES string of the molecule is CC(=O)OC(C)=O.Cc1nc2cccc([N+](=O)[O-])c2c(=O)o1.Cl.NC(=O)c1cccc([N+](=O)[O-])c1C(=O)O.Nc1cccc([N+](=O)[O-])c1C(=O)O.O.O.O=C1NC(=O)c2c1cccc2[N+](=O)[O-].[2H]CF.[2H][C@]1(N)CCC(=O)NC1=O.[2H][C@]1(n2c(C)nc3cccc(N)c3c2=O)CCC(=O)NC1=O.[2H][C@]1(n2c(C)nc3cccc([N+](=O)[O-])c3c2=O)CCC(=O)NC1=O. The molecule has 9 amide bonds. The van der Waals surface area contributed by atoms with Crippen LogP contribution in [0, 0.1) is 71.3 Å². The van der Waals surface area contributed by atoms with E-state index in [9.17, 15) is 132 Å². The largest absolute Gasteiger partial charge is 0.477 e. The molecule has 0 spiro atoms. The van der Waals surface area contributed by atoms with Crippen molar-refractivity contribution >= 4 is 162 Å². The van der Waals surface area contributed by atoms with Crippen molar-refractivity contribution in [3.05, 3.63) is 236 Å². The van der Waals surface area contributed by atoms with E-state index in [1.807, 2.05) is 16.0 Å². The average molecular weight is 1730 g/mol. The van der Waals surface area contributed by atoms with Gasteiger partial charge in [0.15, 0.2) is 16.8 Å². The number of carboxylic acids is 2. The third-order valence-corrected chi connectivity index (χ3v) is 15.6. The Labute approximate surface area is 689 Å². The van der Waals surface area contributed by atoms with Crippen molar-refractivity contribution in [1.82, 2.24) is 45.4 Å². The maximum atomic E-state index is 12.8. The number of primary amides is 1. The van der Waals surface area contributed by atoms with Crippen molar-refractivity contribution in [1.29, 1.82) is 0 Å². The van der Waals surface area contributed by atoms with E-state index in [1.54, 1.807) is 25.1 Å². The number of hydrogen-bond acceptors (Lipinski definition) is 34. The summed E-state index contributed by atoms with van der Waals surface area (Å²) in [6.45, 7) is 6.85. The maximum absolute atomic E-state index is 12.8. The monoisotopic (exact) mass is 1730 g/mol. The molecular weight excluding hydrogens is 1660 g/mol. The lowest BCUT2D eigenvalue weighted by Crippen LogP contribution is -2.48. The molecule has 646 valence electrons. The lowest BCUT2D eigenvalue weighted by molar-refractivity contribution is -0.385. The topological polar surface area (TPSA) is 815 Å². The molecule has 18 N–H and O–H groups in total. The molecule has 0 bridgehead atoms. The number of ether oxygens (including phenoxy) is 1. The van der Waals surface area contributed by atoms with Crippen LogP contribution in [-0.4, -0.2) is 160 Å². The molecule has 3 fully saturated rings. The second-order valence-corrected chi connectivity index (χ2v) is 23.5. The fraction of sp³-hybridized carbons (Fsp3) is 0.214. The van der Waals surface area contributed by atoms with Crippen molar-refractivity contribution in [3.63, 3.8) is 0 Å². The van der Waals surface area contributed by atoms with Gasteiger partial charge in [-0.15, -0.1) is 12.4 Å². The minimum absolute atomic E-state index is 0. The van der Waals surface area contributed by atoms with Gasteiger partial charge in [0.25, 0.3) is 51.4 Å². The number of amides is 9. The Bertz CT molecular complexity index is 6090. The number of carbonyl (C=O) groups excluding carboxylic acids is 11. The molecule has 0 aliphatic carbocycles. The third-order valence-electron chi connectivity index (χ3n) is 15.6. The number of benzene rings is 6. The number of nitrogen functional groups attached to an aromatic ring is 2. The molecule has 0 saturated carbocycles. The van der Waals surface area contributed by atoms with Gasteiger partial charge in [0, 0.05) is 76.1 Å². The van der Waals surface area contributed by atoms with Crippen LogP contribution in [0.4, 0.5) is 44.2 Å². The first-order valence-electron chi connectivity index (χ1n) is 35.1. The van der Waals surface area contributed by atoms with E-state index < -0.39 is 166 Å². The van der Waals surface area contributed by atoms with Gasteiger partial charge in [0.05, 0.1) is 82.0 Å². The predicted molar refractivity (Wildman–Crippen MR) is 419 cm³/mol. The van der Waals surface area contributed by atoms with E-state index in [0.29, 0.717) is 5.52 Å². The highest BCUT2D eigenvalue weighted by atomic mass is 35.5. The Morgan fingerprint density at radius 2 is 0.893 bits per heavy atom. The van der Waals surface area contributed by atoms with E-state index in [0.717, 1.165) is 33.4 Å². The van der Waals surface area contributed by atoms with Gasteiger partial charge in [-0.1, -0.05) is 36.4 Å². The zero-order chi connectivity index (χ0) is 92.9. The zero-order valence-corrected chi connectivity index (χ0v) is 64.1. The van der Waals surface area contributed by atoms with Crippen molar-refractivity contribution in [2.24, 2.45) is 11.5 Å². The van der Waals surface area contributed by atoms with Crippen LogP contribution in [0.25, 0.3) is 32.7 Å². The number of aryl methyl sites for hydroxylation is 3. The predicted octanol–water partition coefficient (Wildman–Crippen LogP) is 2.21. The van der Waals surface area contributed by atoms with Crippen LogP contribution in [0.5, 0.6) is 0 Å². The number of nitrogens with zero attached hydrogens (tertiary/aromatic N) is 10. The minimum Gasteiger partial charge on any atom is -0.477 e. The molecule has 9 aromatic rings. The minimum atomic E-state index is -2.08. The van der Waals surface area contributed by atoms with E-state index in [2.05, 4.69) is 25.0 Å². The van der Waals surface area contributed by atoms with Crippen LogP contribution in [0.1, 0.15) is 139 Å². The van der Waals surface area contributed by atoms with Crippen LogP contribution < -0.4 is 60.9 Å². The Balaban J connectivity index is 0.000000494. The Kier molecular flexibility index (Phi) is 34.9. The smallest absolute Gasteiger partial charge is 0.353 e. The van der Waals surface area contributed by atoms with E-state index in [4.69, 9.17) is 43.0 Å². The number of nitrogens with two attached hydrogens (primary N) is 4. The van der Waals surface area contributed by atoms with Crippen LogP contribution in [0.3, 0.4) is 0 Å². The van der Waals surface area contributed by atoms with Crippen LogP contribution in [-0.2, 0) is 43.1 Å². The lowest BCUT2D eigenvalue weighted by Gasteiger charge is -2.24. The number of imide groups is 4. The second-order valence-electron chi connectivity index (χ2n) is 23.5. The first-order valence-corrected chi connectivity index (χ1v) is 32.9. The molecule has 3 saturated heterocycles. The highest BCUT2D eigenvalue weighted by Crippen LogP contribution is 2.30. The number of rotatable bonds is 10. The number of fused-ring (bicyclic) bond motifs is 4. The third kappa shape index (κ3) is 25.5. The molecule has 50 nitrogen and oxygen atoms in total. The molecule has 3 atom stereocenters. The maximum Gasteiger partial charge on any atom is 0.353 e. The van der Waals surface area contributed by atoms with Gasteiger partial charge in [-0.3, -0.25) is 148 Å². The quantitative estimate of drug-likeness (QED) is 0.0234. The average Bonchev–Trinajstić information content (AvgIpc) is 1.01. The summed E-state index contributed by atoms with van der Waals surface area (Å²) in [5, 5.41) is 78.5. The summed E-state index contributed by atoms with van der Waals surface area (Å²) in [5.41, 5.74) is 16.1. The number of nitro groups is 5. The summed E-state index contributed by atoms with van der Waals surface area (Å²) in [6, 6.07) is 18.5. The number of piperidine rings is 3. The van der Waals surface area contributed by atoms with Gasteiger partial charge in [-0.2, -0.15) is 0 Å². The number of aromatic carboxylic acids is 2. The molecule has 4 aliphatic rings. The highest BCUT2D eigenvalue weighted by molar-refractivity contribution is 6.23. The number of esters is 2. The number of carbonyl (C=O) groups is 13. The zero-order valence-electron chi connectivity index (χ0n) is 67.2. The molecule has 7 heterocycles. The first kappa shape index (κ1) is 94.4. The number of hydrogen-bond donors (Lipinski definition) is 10. The number of nitrogens with one attached hydrogen (secondary N) is 4. The van der Waals surface area contributed by atoms with Crippen LogP contribution in [0.2, 0.25) is 0 Å². The Morgan fingerprint density at radius 1 is 0.525 bits per heavy atom. The summed E-state index contributed by atoms with van der Waals surface area (Å²) < 4.78 is 49.9. The summed E-state index contributed by atoms with van der Waals surface area (Å²) in [5.74, 6) is -9.75. The van der Waals surface area contributed by atoms with Gasteiger partial charge in [-0.25, -0.2) is 29.3 Å². The summed E-state index contributed by atoms with van der Waals surface area (Å²) in [7, 11) is -1.00. The number of anilines is 2. The number of aromatic nitrogens is 5. The number of carboxylic acid groups (broad SMARTS) is 2. The number of non-ortho nitro benzene ring substituents is 2. The van der Waals surface area contributed by atoms with Gasteiger partial charge < -0.3 is 53.3 Å². The Hall–Kier alpha value is -16.5. The molecule has 6 aromatic carbocycles. The number of halogens is 2. The molecule has 52 heteroatoms. The fourth-order valence-electron chi connectivity index (χ4n) is 10.7. The molecule has 13 rings (SSSR count). The lowest BCUT2D eigenvalue weighted by atomic mass is 10.1. The number of alkyl halides is 1. The molecule has 0 unspecified atom stereocenters. The summed E-state index contributed by atoms with van der Waals surface area (Å²) >= 11 is 0.